The largest absolute Gasteiger partial charge is 0.507 e. The van der Waals surface area contributed by atoms with Crippen molar-refractivity contribution in [2.24, 2.45) is 0 Å². The number of carbonyl (C=O) groups is 3. The van der Waals surface area contributed by atoms with E-state index in [1.54, 1.807) is 30.3 Å². The molecule has 0 bridgehead atoms. The van der Waals surface area contributed by atoms with E-state index >= 15 is 0 Å². The highest BCUT2D eigenvalue weighted by Gasteiger charge is 2.47. The molecule has 0 aromatic heterocycles. The molecule has 9 heteroatoms. The molecule has 3 aromatic rings. The number of amides is 1. The summed E-state index contributed by atoms with van der Waals surface area (Å²) in [5.74, 6) is -2.22. The van der Waals surface area contributed by atoms with Crippen LogP contribution in [0.3, 0.4) is 0 Å². The summed E-state index contributed by atoms with van der Waals surface area (Å²) in [4.78, 5) is 41.9. The Hall–Kier alpha value is -4.30. The van der Waals surface area contributed by atoms with Crippen molar-refractivity contribution in [1.82, 2.24) is 0 Å². The molecule has 3 aromatic carbocycles. The van der Waals surface area contributed by atoms with E-state index in [-0.39, 0.29) is 21.7 Å². The minimum atomic E-state index is -0.956. The van der Waals surface area contributed by atoms with Gasteiger partial charge < -0.3 is 19.5 Å². The number of ketones is 1. The first kappa shape index (κ1) is 25.8. The Balaban J connectivity index is 1.92. The van der Waals surface area contributed by atoms with E-state index in [0.717, 1.165) is 5.69 Å². The minimum Gasteiger partial charge on any atom is -0.507 e. The highest BCUT2D eigenvalue weighted by molar-refractivity contribution is 6.52. The molecule has 37 heavy (non-hydrogen) atoms. The minimum absolute atomic E-state index is 0.116. The lowest BCUT2D eigenvalue weighted by Gasteiger charge is -2.26. The van der Waals surface area contributed by atoms with Gasteiger partial charge in [-0.2, -0.15) is 0 Å². The van der Waals surface area contributed by atoms with E-state index < -0.39 is 29.5 Å². The van der Waals surface area contributed by atoms with Gasteiger partial charge in [-0.25, -0.2) is 4.79 Å². The van der Waals surface area contributed by atoms with Crippen LogP contribution in [0.15, 0.2) is 72.3 Å². The van der Waals surface area contributed by atoms with Crippen LogP contribution in [0.1, 0.15) is 27.5 Å². The first-order chi connectivity index (χ1) is 17.7. The third-order valence-electron chi connectivity index (χ3n) is 6.16. The molecule has 0 aliphatic carbocycles. The molecule has 0 spiro atoms. The number of halogens is 1. The molecule has 1 unspecified atom stereocenters. The van der Waals surface area contributed by atoms with E-state index in [9.17, 15) is 19.5 Å². The summed E-state index contributed by atoms with van der Waals surface area (Å²) in [7, 11) is 6.54. The number of benzene rings is 3. The van der Waals surface area contributed by atoms with Crippen LogP contribution in [-0.4, -0.2) is 51.1 Å². The number of carbonyl (C=O) groups excluding carboxylic acids is 3. The Bertz CT molecular complexity index is 1400. The number of aliphatic hydroxyl groups is 1. The summed E-state index contributed by atoms with van der Waals surface area (Å²) in [6.45, 7) is 0. The molecule has 1 fully saturated rings. The van der Waals surface area contributed by atoms with Gasteiger partial charge in [0.15, 0.2) is 0 Å². The molecule has 1 aliphatic rings. The average Bonchev–Trinajstić information content (AvgIpc) is 3.18. The van der Waals surface area contributed by atoms with E-state index in [1.807, 2.05) is 31.1 Å². The van der Waals surface area contributed by atoms with Crippen LogP contribution in [0, 0.1) is 0 Å². The van der Waals surface area contributed by atoms with Gasteiger partial charge in [0.25, 0.3) is 11.7 Å². The summed E-state index contributed by atoms with van der Waals surface area (Å²) in [5.41, 5.74) is 2.22. The van der Waals surface area contributed by atoms with Crippen molar-refractivity contribution in [3.8, 4) is 5.75 Å². The average molecular weight is 521 g/mol. The molecule has 0 radical (unpaired) electrons. The summed E-state index contributed by atoms with van der Waals surface area (Å²) in [6, 6.07) is 17.1. The van der Waals surface area contributed by atoms with E-state index in [4.69, 9.17) is 21.1 Å². The molecule has 190 valence electrons. The fourth-order valence-corrected chi connectivity index (χ4v) is 4.41. The molecule has 8 nitrogen and oxygen atoms in total. The van der Waals surface area contributed by atoms with Crippen LogP contribution in [0.2, 0.25) is 5.02 Å². The number of nitrogens with zero attached hydrogens (tertiary/aromatic N) is 2. The normalized spacial score (nSPS) is 16.6. The Morgan fingerprint density at radius 1 is 0.973 bits per heavy atom. The van der Waals surface area contributed by atoms with Crippen molar-refractivity contribution < 1.29 is 29.0 Å². The fourth-order valence-electron chi connectivity index (χ4n) is 4.20. The Labute approximate surface area is 219 Å². The van der Waals surface area contributed by atoms with Gasteiger partial charge in [0.05, 0.1) is 36.4 Å². The zero-order valence-electron chi connectivity index (χ0n) is 20.7. The first-order valence-corrected chi connectivity index (χ1v) is 11.7. The molecule has 1 heterocycles. The molecule has 1 amide bonds. The van der Waals surface area contributed by atoms with Crippen molar-refractivity contribution in [2.75, 3.05) is 38.1 Å². The van der Waals surface area contributed by atoms with Crippen molar-refractivity contribution in [3.05, 3.63) is 94.0 Å². The molecule has 1 N–H and O–H groups in total. The zero-order chi connectivity index (χ0) is 26.9. The maximum Gasteiger partial charge on any atom is 0.337 e. The number of methoxy groups -OCH3 is 2. The van der Waals surface area contributed by atoms with Gasteiger partial charge in [-0.05, 0) is 60.2 Å². The maximum absolute atomic E-state index is 13.4. The molecule has 1 aliphatic heterocycles. The van der Waals surface area contributed by atoms with Crippen LogP contribution < -0.4 is 14.5 Å². The van der Waals surface area contributed by atoms with Crippen molar-refractivity contribution in [1.29, 1.82) is 0 Å². The Kier molecular flexibility index (Phi) is 7.22. The number of rotatable bonds is 6. The molecule has 1 atom stereocenters. The van der Waals surface area contributed by atoms with Gasteiger partial charge in [-0.3, -0.25) is 14.5 Å². The number of anilines is 2. The first-order valence-electron chi connectivity index (χ1n) is 11.3. The smallest absolute Gasteiger partial charge is 0.337 e. The second kappa shape index (κ2) is 10.4. The highest BCUT2D eigenvalue weighted by atomic mass is 35.5. The number of hydrogen-bond acceptors (Lipinski definition) is 7. The van der Waals surface area contributed by atoms with Crippen LogP contribution >= 0.6 is 11.6 Å². The zero-order valence-corrected chi connectivity index (χ0v) is 21.4. The third-order valence-corrected chi connectivity index (χ3v) is 6.49. The van der Waals surface area contributed by atoms with Crippen molar-refractivity contribution >= 4 is 46.4 Å². The van der Waals surface area contributed by atoms with E-state index in [2.05, 4.69) is 0 Å². The number of ether oxygens (including phenoxy) is 2. The lowest BCUT2D eigenvalue weighted by molar-refractivity contribution is -0.132. The molecule has 4 rings (SSSR count). The second-order valence-corrected chi connectivity index (χ2v) is 8.95. The standard InChI is InChI=1S/C28H25ClN2O6/c1-30(2)18-9-5-16(6-10-18)24-23(25(32)21-15-20(36-3)13-14-22(21)29)26(33)27(34)31(24)19-11-7-17(8-12-19)28(35)37-4/h5-15,24,32H,1-4H3/b25-23+. The summed E-state index contributed by atoms with van der Waals surface area (Å²) in [5, 5.41) is 11.6. The Morgan fingerprint density at radius 3 is 2.19 bits per heavy atom. The van der Waals surface area contributed by atoms with Gasteiger partial charge in [0.1, 0.15) is 11.5 Å². The maximum atomic E-state index is 13.4. The molecular formula is C28H25ClN2O6. The lowest BCUT2D eigenvalue weighted by atomic mass is 9.94. The van der Waals surface area contributed by atoms with Gasteiger partial charge >= 0.3 is 5.97 Å². The Morgan fingerprint density at radius 2 is 1.62 bits per heavy atom. The topological polar surface area (TPSA) is 96.4 Å². The summed E-state index contributed by atoms with van der Waals surface area (Å²) in [6.07, 6.45) is 0. The molecule has 0 saturated carbocycles. The van der Waals surface area contributed by atoms with Crippen molar-refractivity contribution in [2.45, 2.75) is 6.04 Å². The number of esters is 1. The lowest BCUT2D eigenvalue weighted by Crippen LogP contribution is -2.29. The van der Waals surface area contributed by atoms with Crippen molar-refractivity contribution in [3.63, 3.8) is 0 Å². The summed E-state index contributed by atoms with van der Waals surface area (Å²) >= 11 is 6.37. The van der Waals surface area contributed by atoms with Gasteiger partial charge in [-0.1, -0.05) is 23.7 Å². The fraction of sp³-hybridized carbons (Fsp3) is 0.179. The number of hydrogen-bond donors (Lipinski definition) is 1. The molecular weight excluding hydrogens is 496 g/mol. The molecule has 1 saturated heterocycles. The quantitative estimate of drug-likeness (QED) is 0.215. The number of Topliss-reactive ketones (excluding diaryl/α,β-unsaturated/α-hetero) is 1. The number of aliphatic hydroxyl groups excluding tert-OH is 1. The van der Waals surface area contributed by atoms with Crippen LogP contribution in [-0.2, 0) is 14.3 Å². The van der Waals surface area contributed by atoms with Gasteiger partial charge in [-0.15, -0.1) is 0 Å². The van der Waals surface area contributed by atoms with Crippen LogP contribution in [0.25, 0.3) is 5.76 Å². The SMILES string of the molecule is COC(=O)c1ccc(N2C(=O)C(=O)/C(=C(/O)c3cc(OC)ccc3Cl)C2c2ccc(N(C)C)cc2)cc1. The second-order valence-electron chi connectivity index (χ2n) is 8.54. The van der Waals surface area contributed by atoms with E-state index in [1.165, 1.54) is 43.4 Å². The van der Waals surface area contributed by atoms with Gasteiger partial charge in [0.2, 0.25) is 0 Å². The highest BCUT2D eigenvalue weighted by Crippen LogP contribution is 2.43. The van der Waals surface area contributed by atoms with Gasteiger partial charge in [0, 0.05) is 31.0 Å². The van der Waals surface area contributed by atoms with Crippen LogP contribution in [0.5, 0.6) is 5.75 Å². The summed E-state index contributed by atoms with van der Waals surface area (Å²) < 4.78 is 10.00. The monoisotopic (exact) mass is 520 g/mol. The predicted octanol–water partition coefficient (Wildman–Crippen LogP) is 4.83. The van der Waals surface area contributed by atoms with Crippen LogP contribution in [0.4, 0.5) is 11.4 Å². The third kappa shape index (κ3) is 4.75. The predicted molar refractivity (Wildman–Crippen MR) is 141 cm³/mol. The van der Waals surface area contributed by atoms with E-state index in [0.29, 0.717) is 17.0 Å².